The van der Waals surface area contributed by atoms with Crippen molar-refractivity contribution in [2.75, 3.05) is 11.9 Å². The normalized spacial score (nSPS) is 10.9. The molecular weight excluding hydrogens is 310 g/mol. The van der Waals surface area contributed by atoms with Gasteiger partial charge in [-0.15, -0.1) is 0 Å². The Bertz CT molecular complexity index is 722. The van der Waals surface area contributed by atoms with Crippen molar-refractivity contribution in [2.24, 2.45) is 0 Å². The molecule has 2 aromatic carbocycles. The molecule has 3 nitrogen and oxygen atoms in total. The van der Waals surface area contributed by atoms with Gasteiger partial charge in [0.1, 0.15) is 5.75 Å². The highest BCUT2D eigenvalue weighted by atomic mass is 16.5. The highest BCUT2D eigenvalue weighted by molar-refractivity contribution is 6.04. The van der Waals surface area contributed by atoms with Crippen LogP contribution in [0.1, 0.15) is 46.8 Å². The minimum atomic E-state index is -0.0324. The molecule has 0 atom stereocenters. The van der Waals surface area contributed by atoms with Crippen LogP contribution in [0.4, 0.5) is 5.69 Å². The van der Waals surface area contributed by atoms with E-state index in [0.29, 0.717) is 12.2 Å². The predicted molar refractivity (Wildman–Crippen MR) is 105 cm³/mol. The number of allylic oxidation sites excluding steroid dienone is 1. The molecule has 2 rings (SSSR count). The lowest BCUT2D eigenvalue weighted by Gasteiger charge is -2.10. The zero-order valence-corrected chi connectivity index (χ0v) is 15.6. The summed E-state index contributed by atoms with van der Waals surface area (Å²) in [5.74, 6) is 0.771. The lowest BCUT2D eigenvalue weighted by Crippen LogP contribution is -2.00. The van der Waals surface area contributed by atoms with Crippen LogP contribution in [0.25, 0.3) is 0 Å². The van der Waals surface area contributed by atoms with Crippen LogP contribution in [-0.2, 0) is 0 Å². The Morgan fingerprint density at radius 1 is 1.08 bits per heavy atom. The predicted octanol–water partition coefficient (Wildman–Crippen LogP) is 5.60. The molecule has 0 saturated carbocycles. The molecular formula is C22H27NO2. The van der Waals surface area contributed by atoms with Crippen LogP contribution in [0.15, 0.2) is 48.7 Å². The summed E-state index contributed by atoms with van der Waals surface area (Å²) in [7, 11) is 0. The number of hydrogen-bond acceptors (Lipinski definition) is 3. The molecule has 0 bridgehead atoms. The summed E-state index contributed by atoms with van der Waals surface area (Å²) < 4.78 is 5.61. The molecule has 0 aromatic heterocycles. The molecule has 0 amide bonds. The molecule has 0 fully saturated rings. The standard InChI is InChI=1S/C22H27NO2/c1-5-6-13-25-20-9-7-19(8-10-20)21(24)11-12-23-22-17(3)14-16(2)15-18(22)4/h7-12,14-15,23H,5-6,13H2,1-4H3. The third-order valence-electron chi connectivity index (χ3n) is 4.04. The zero-order valence-electron chi connectivity index (χ0n) is 15.6. The highest BCUT2D eigenvalue weighted by Crippen LogP contribution is 2.22. The van der Waals surface area contributed by atoms with Crippen molar-refractivity contribution < 1.29 is 9.53 Å². The minimum absolute atomic E-state index is 0.0324. The summed E-state index contributed by atoms with van der Waals surface area (Å²) in [4.78, 5) is 12.3. The number of unbranched alkanes of at least 4 members (excludes halogenated alkanes) is 1. The fourth-order valence-corrected chi connectivity index (χ4v) is 2.75. The average molecular weight is 337 g/mol. The lowest BCUT2D eigenvalue weighted by molar-refractivity contribution is 0.104. The summed E-state index contributed by atoms with van der Waals surface area (Å²) in [6.07, 6.45) is 5.41. The van der Waals surface area contributed by atoms with Gasteiger partial charge in [0.15, 0.2) is 5.78 Å². The molecule has 3 heteroatoms. The topological polar surface area (TPSA) is 38.3 Å². The number of carbonyl (C=O) groups is 1. The first kappa shape index (κ1) is 18.8. The van der Waals surface area contributed by atoms with Crippen LogP contribution in [0.3, 0.4) is 0 Å². The number of nitrogens with one attached hydrogen (secondary N) is 1. The molecule has 0 spiro atoms. The second-order valence-corrected chi connectivity index (χ2v) is 6.34. The van der Waals surface area contributed by atoms with Gasteiger partial charge in [0.05, 0.1) is 6.61 Å². The number of rotatable bonds is 8. The van der Waals surface area contributed by atoms with E-state index in [1.165, 1.54) is 16.7 Å². The van der Waals surface area contributed by atoms with Gasteiger partial charge in [0.2, 0.25) is 0 Å². The van der Waals surface area contributed by atoms with Crippen LogP contribution in [0.5, 0.6) is 5.75 Å². The van der Waals surface area contributed by atoms with Gasteiger partial charge >= 0.3 is 0 Å². The molecule has 0 heterocycles. The quantitative estimate of drug-likeness (QED) is 0.387. The van der Waals surface area contributed by atoms with E-state index in [1.807, 2.05) is 12.1 Å². The second kappa shape index (κ2) is 9.07. The molecule has 0 radical (unpaired) electrons. The molecule has 25 heavy (non-hydrogen) atoms. The third kappa shape index (κ3) is 5.49. The average Bonchev–Trinajstić information content (AvgIpc) is 2.58. The van der Waals surface area contributed by atoms with Gasteiger partial charge < -0.3 is 10.1 Å². The maximum Gasteiger partial charge on any atom is 0.187 e. The molecule has 2 aromatic rings. The molecule has 1 N–H and O–H groups in total. The Morgan fingerprint density at radius 2 is 1.72 bits per heavy atom. The van der Waals surface area contributed by atoms with Gasteiger partial charge in [-0.1, -0.05) is 31.0 Å². The molecule has 132 valence electrons. The van der Waals surface area contributed by atoms with E-state index in [-0.39, 0.29) is 5.78 Å². The van der Waals surface area contributed by atoms with Gasteiger partial charge in [-0.2, -0.15) is 0 Å². The molecule has 0 aliphatic rings. The van der Waals surface area contributed by atoms with Crippen LogP contribution >= 0.6 is 0 Å². The molecule has 0 aliphatic carbocycles. The second-order valence-electron chi connectivity index (χ2n) is 6.34. The van der Waals surface area contributed by atoms with Crippen molar-refractivity contribution in [1.82, 2.24) is 0 Å². The summed E-state index contributed by atoms with van der Waals surface area (Å²) in [5.41, 5.74) is 5.28. The summed E-state index contributed by atoms with van der Waals surface area (Å²) in [6, 6.07) is 11.5. The Hall–Kier alpha value is -2.55. The Labute approximate surface area is 150 Å². The van der Waals surface area contributed by atoms with Crippen molar-refractivity contribution in [2.45, 2.75) is 40.5 Å². The maximum absolute atomic E-state index is 12.3. The number of benzene rings is 2. The van der Waals surface area contributed by atoms with Crippen LogP contribution in [-0.4, -0.2) is 12.4 Å². The van der Waals surface area contributed by atoms with E-state index in [1.54, 1.807) is 24.4 Å². The first-order valence-electron chi connectivity index (χ1n) is 8.79. The maximum atomic E-state index is 12.3. The van der Waals surface area contributed by atoms with Crippen molar-refractivity contribution in [3.63, 3.8) is 0 Å². The van der Waals surface area contributed by atoms with Crippen molar-refractivity contribution >= 4 is 11.5 Å². The SMILES string of the molecule is CCCCOc1ccc(C(=O)C=CNc2c(C)cc(C)cc2C)cc1. The highest BCUT2D eigenvalue weighted by Gasteiger charge is 2.04. The van der Waals surface area contributed by atoms with Crippen LogP contribution in [0, 0.1) is 20.8 Å². The van der Waals surface area contributed by atoms with Gasteiger partial charge in [0.25, 0.3) is 0 Å². The Balaban J connectivity index is 1.96. The van der Waals surface area contributed by atoms with E-state index in [9.17, 15) is 4.79 Å². The van der Waals surface area contributed by atoms with Gasteiger partial charge in [0, 0.05) is 23.5 Å². The fourth-order valence-electron chi connectivity index (χ4n) is 2.75. The zero-order chi connectivity index (χ0) is 18.2. The first-order chi connectivity index (χ1) is 12.0. The monoisotopic (exact) mass is 337 g/mol. The van der Waals surface area contributed by atoms with Crippen LogP contribution < -0.4 is 10.1 Å². The minimum Gasteiger partial charge on any atom is -0.494 e. The summed E-state index contributed by atoms with van der Waals surface area (Å²) in [6.45, 7) is 9.05. The van der Waals surface area contributed by atoms with E-state index in [0.717, 1.165) is 24.3 Å². The Kier molecular flexibility index (Phi) is 6.81. The molecule has 0 unspecified atom stereocenters. The van der Waals surface area contributed by atoms with Crippen molar-refractivity contribution in [3.8, 4) is 5.75 Å². The number of ketones is 1. The van der Waals surface area contributed by atoms with E-state index < -0.39 is 0 Å². The largest absolute Gasteiger partial charge is 0.494 e. The van der Waals surface area contributed by atoms with Gasteiger partial charge in [-0.05, 0) is 62.6 Å². The Morgan fingerprint density at radius 3 is 2.32 bits per heavy atom. The molecule has 0 aliphatic heterocycles. The number of hydrogen-bond donors (Lipinski definition) is 1. The van der Waals surface area contributed by atoms with Crippen LogP contribution in [0.2, 0.25) is 0 Å². The van der Waals surface area contributed by atoms with E-state index in [4.69, 9.17) is 4.74 Å². The number of ether oxygens (including phenoxy) is 1. The van der Waals surface area contributed by atoms with Gasteiger partial charge in [-0.3, -0.25) is 4.79 Å². The summed E-state index contributed by atoms with van der Waals surface area (Å²) >= 11 is 0. The smallest absolute Gasteiger partial charge is 0.187 e. The fraction of sp³-hybridized carbons (Fsp3) is 0.318. The number of aryl methyl sites for hydroxylation is 3. The van der Waals surface area contributed by atoms with Gasteiger partial charge in [-0.25, -0.2) is 0 Å². The first-order valence-corrected chi connectivity index (χ1v) is 8.79. The number of anilines is 1. The summed E-state index contributed by atoms with van der Waals surface area (Å²) in [5, 5.41) is 3.23. The van der Waals surface area contributed by atoms with Crippen molar-refractivity contribution in [3.05, 3.63) is 70.9 Å². The third-order valence-corrected chi connectivity index (χ3v) is 4.04. The number of carbonyl (C=O) groups excluding carboxylic acids is 1. The lowest BCUT2D eigenvalue weighted by atomic mass is 10.1. The van der Waals surface area contributed by atoms with E-state index in [2.05, 4.69) is 45.1 Å². The molecule has 0 saturated heterocycles. The van der Waals surface area contributed by atoms with Crippen molar-refractivity contribution in [1.29, 1.82) is 0 Å². The van der Waals surface area contributed by atoms with E-state index >= 15 is 0 Å².